The van der Waals surface area contributed by atoms with Gasteiger partial charge >= 0.3 is 0 Å². The molecule has 2 aromatic rings. The number of hydrogen-bond donors (Lipinski definition) is 1. The van der Waals surface area contributed by atoms with E-state index in [9.17, 15) is 0 Å². The number of nitrogens with one attached hydrogen (secondary N) is 1. The van der Waals surface area contributed by atoms with Crippen LogP contribution in [-0.4, -0.2) is 13.5 Å². The molecule has 0 saturated carbocycles. The van der Waals surface area contributed by atoms with Gasteiger partial charge in [0.15, 0.2) is 0 Å². The van der Waals surface area contributed by atoms with E-state index < -0.39 is 26.0 Å². The van der Waals surface area contributed by atoms with E-state index in [1.807, 2.05) is 6.07 Å². The summed E-state index contributed by atoms with van der Waals surface area (Å²) in [6, 6.07) is 15.3. The lowest BCUT2D eigenvalue weighted by molar-refractivity contribution is 0.193. The lowest BCUT2D eigenvalue weighted by atomic mass is 10.1. The molecule has 0 heterocycles. The van der Waals surface area contributed by atoms with Gasteiger partial charge in [0.05, 0.1) is 1.37 Å². The van der Waals surface area contributed by atoms with Crippen LogP contribution in [0.1, 0.15) is 31.8 Å². The molecule has 0 bridgehead atoms. The predicted molar refractivity (Wildman–Crippen MR) is 79.5 cm³/mol. The zero-order valence-corrected chi connectivity index (χ0v) is 10.8. The van der Waals surface area contributed by atoms with E-state index in [1.54, 1.807) is 55.5 Å². The molecule has 2 heteroatoms. The van der Waals surface area contributed by atoms with Crippen molar-refractivity contribution in [2.45, 2.75) is 19.4 Å². The Hall–Kier alpha value is -1.80. The fourth-order valence-corrected chi connectivity index (χ4v) is 1.69. The van der Waals surface area contributed by atoms with Crippen LogP contribution in [0.2, 0.25) is 0 Å². The zero-order valence-electron chi connectivity index (χ0n) is 16.8. The van der Waals surface area contributed by atoms with Crippen molar-refractivity contribution in [3.05, 3.63) is 65.7 Å². The Morgan fingerprint density at radius 3 is 2.68 bits per heavy atom. The first kappa shape index (κ1) is 7.71. The third kappa shape index (κ3) is 3.83. The standard InChI is InChI=1S/C17H21NO/c1-14-8-6-7-11-16(14)19-17(12-13-18-2)15-9-4-3-5-10-15/h3-11,17-18H,12-13H2,1-2H3/i2D3,12D2,17D. The highest BCUT2D eigenvalue weighted by Gasteiger charge is 2.13. The Balaban J connectivity index is 2.44. The summed E-state index contributed by atoms with van der Waals surface area (Å²) in [5.41, 5.74) is 1.06. The first-order valence-corrected chi connectivity index (χ1v) is 6.10. The molecule has 1 N–H and O–H groups in total. The van der Waals surface area contributed by atoms with Crippen LogP contribution >= 0.6 is 0 Å². The summed E-state index contributed by atoms with van der Waals surface area (Å²) >= 11 is 0. The van der Waals surface area contributed by atoms with Gasteiger partial charge in [0.1, 0.15) is 11.8 Å². The van der Waals surface area contributed by atoms with E-state index >= 15 is 0 Å². The molecule has 1 unspecified atom stereocenters. The van der Waals surface area contributed by atoms with Crippen LogP contribution in [0.25, 0.3) is 0 Å². The highest BCUT2D eigenvalue weighted by Crippen LogP contribution is 2.26. The first-order chi connectivity index (χ1) is 11.6. The molecular weight excluding hydrogens is 234 g/mol. The monoisotopic (exact) mass is 261 g/mol. The van der Waals surface area contributed by atoms with Gasteiger partial charge in [-0.15, -0.1) is 0 Å². The molecule has 2 nitrogen and oxygen atoms in total. The fourth-order valence-electron chi connectivity index (χ4n) is 1.69. The van der Waals surface area contributed by atoms with E-state index in [0.717, 1.165) is 5.56 Å². The van der Waals surface area contributed by atoms with Gasteiger partial charge < -0.3 is 10.1 Å². The van der Waals surface area contributed by atoms with Crippen molar-refractivity contribution < 1.29 is 13.0 Å². The summed E-state index contributed by atoms with van der Waals surface area (Å²) in [4.78, 5) is 0. The van der Waals surface area contributed by atoms with E-state index in [0.29, 0.717) is 11.3 Å². The van der Waals surface area contributed by atoms with Crippen molar-refractivity contribution in [2.75, 3.05) is 13.5 Å². The summed E-state index contributed by atoms with van der Waals surface area (Å²) in [7, 11) is 0. The van der Waals surface area contributed by atoms with Crippen LogP contribution < -0.4 is 10.1 Å². The largest absolute Gasteiger partial charge is 0.485 e. The molecule has 0 radical (unpaired) electrons. The number of ether oxygens (including phenoxy) is 1. The second kappa shape index (κ2) is 6.95. The lowest BCUT2D eigenvalue weighted by Crippen LogP contribution is -2.16. The van der Waals surface area contributed by atoms with Crippen LogP contribution in [-0.2, 0) is 0 Å². The molecule has 0 aliphatic carbocycles. The minimum absolute atomic E-state index is 0.301. The van der Waals surface area contributed by atoms with Crippen molar-refractivity contribution in [1.82, 2.24) is 5.32 Å². The maximum Gasteiger partial charge on any atom is 0.125 e. The topological polar surface area (TPSA) is 21.3 Å². The predicted octanol–water partition coefficient (Wildman–Crippen LogP) is 3.72. The third-order valence-electron chi connectivity index (χ3n) is 2.68. The molecule has 0 aromatic heterocycles. The summed E-state index contributed by atoms with van der Waals surface area (Å²) < 4.78 is 53.0. The smallest absolute Gasteiger partial charge is 0.125 e. The van der Waals surface area contributed by atoms with Crippen LogP contribution in [0.4, 0.5) is 0 Å². The highest BCUT2D eigenvalue weighted by molar-refractivity contribution is 5.33. The Morgan fingerprint density at radius 2 is 1.95 bits per heavy atom. The van der Waals surface area contributed by atoms with Crippen LogP contribution in [0.5, 0.6) is 5.75 Å². The highest BCUT2D eigenvalue weighted by atomic mass is 16.5. The Kier molecular flexibility index (Phi) is 2.82. The lowest BCUT2D eigenvalue weighted by Gasteiger charge is -2.20. The molecule has 2 rings (SSSR count). The molecule has 0 amide bonds. The number of para-hydroxylation sites is 1. The second-order valence-electron chi connectivity index (χ2n) is 4.09. The van der Waals surface area contributed by atoms with E-state index in [4.69, 9.17) is 13.0 Å². The molecule has 0 aliphatic rings. The normalized spacial score (nSPS) is 19.8. The number of benzene rings is 2. The fraction of sp³-hybridized carbons (Fsp3) is 0.294. The maximum absolute atomic E-state index is 8.79. The first-order valence-electron chi connectivity index (χ1n) is 9.10. The Labute approximate surface area is 123 Å². The van der Waals surface area contributed by atoms with Gasteiger partial charge in [0, 0.05) is 13.2 Å². The van der Waals surface area contributed by atoms with Crippen molar-refractivity contribution in [3.63, 3.8) is 0 Å². The van der Waals surface area contributed by atoms with Gasteiger partial charge in [-0.1, -0.05) is 48.5 Å². The quantitative estimate of drug-likeness (QED) is 0.855. The second-order valence-corrected chi connectivity index (χ2v) is 4.09. The van der Waals surface area contributed by atoms with Gasteiger partial charge in [0.2, 0.25) is 0 Å². The van der Waals surface area contributed by atoms with Gasteiger partial charge in [-0.25, -0.2) is 0 Å². The summed E-state index contributed by atoms with van der Waals surface area (Å²) in [5.74, 6) is 0.374. The molecule has 0 aliphatic heterocycles. The summed E-state index contributed by atoms with van der Waals surface area (Å²) in [6.07, 6.45) is -4.44. The van der Waals surface area contributed by atoms with Gasteiger partial charge in [0.25, 0.3) is 0 Å². The molecule has 1 atom stereocenters. The molecule has 0 spiro atoms. The van der Waals surface area contributed by atoms with E-state index in [-0.39, 0.29) is 0 Å². The van der Waals surface area contributed by atoms with E-state index in [1.165, 1.54) is 0 Å². The van der Waals surface area contributed by atoms with Crippen molar-refractivity contribution in [1.29, 1.82) is 0 Å². The molecule has 19 heavy (non-hydrogen) atoms. The van der Waals surface area contributed by atoms with Crippen molar-refractivity contribution in [3.8, 4) is 5.75 Å². The van der Waals surface area contributed by atoms with Crippen LogP contribution in [0.3, 0.4) is 0 Å². The summed E-state index contributed by atoms with van der Waals surface area (Å²) in [6.45, 7) is -1.27. The SMILES string of the molecule is [2H]C([2H])([2H])NCC([2H])([2H])C([2H])(Oc1ccccc1C)c1ccccc1. The zero-order chi connectivity index (χ0) is 18.7. The van der Waals surface area contributed by atoms with Gasteiger partial charge in [-0.05, 0) is 37.6 Å². The average Bonchev–Trinajstić information content (AvgIpc) is 2.55. The minimum Gasteiger partial charge on any atom is -0.485 e. The maximum atomic E-state index is 8.79. The molecule has 0 fully saturated rings. The Bertz CT molecular complexity index is 704. The van der Waals surface area contributed by atoms with E-state index in [2.05, 4.69) is 5.32 Å². The van der Waals surface area contributed by atoms with Crippen molar-refractivity contribution in [2.24, 2.45) is 0 Å². The van der Waals surface area contributed by atoms with Gasteiger partial charge in [-0.2, -0.15) is 0 Å². The van der Waals surface area contributed by atoms with Gasteiger partial charge in [-0.3, -0.25) is 0 Å². The molecule has 2 aromatic carbocycles. The molecular formula is C17H21NO. The number of aryl methyl sites for hydroxylation is 1. The average molecular weight is 261 g/mol. The number of rotatable bonds is 6. The number of hydrogen-bond acceptors (Lipinski definition) is 2. The molecule has 0 saturated heterocycles. The Morgan fingerprint density at radius 1 is 1.21 bits per heavy atom. The third-order valence-corrected chi connectivity index (χ3v) is 2.68. The van der Waals surface area contributed by atoms with Crippen LogP contribution in [0.15, 0.2) is 54.6 Å². The molecule has 100 valence electrons. The minimum atomic E-state index is -2.51. The van der Waals surface area contributed by atoms with Crippen molar-refractivity contribution >= 4 is 0 Å². The summed E-state index contributed by atoms with van der Waals surface area (Å²) in [5, 5.41) is 2.16. The van der Waals surface area contributed by atoms with Crippen LogP contribution in [0, 0.1) is 6.92 Å².